The smallest absolute Gasteiger partial charge is 0.408 e. The van der Waals surface area contributed by atoms with Crippen LogP contribution in [0.1, 0.15) is 33.6 Å². The first-order chi connectivity index (χ1) is 7.79. The number of hydrogen-bond donors (Lipinski definition) is 2. The van der Waals surface area contributed by atoms with Crippen LogP contribution in [0.3, 0.4) is 0 Å². The van der Waals surface area contributed by atoms with Crippen LogP contribution >= 0.6 is 0 Å². The highest BCUT2D eigenvalue weighted by atomic mass is 32.2. The van der Waals surface area contributed by atoms with Gasteiger partial charge < -0.3 is 10.1 Å². The summed E-state index contributed by atoms with van der Waals surface area (Å²) in [5, 5.41) is 5.32. The fraction of sp³-hybridized carbons (Fsp3) is 0.800. The molecule has 7 heteroatoms. The van der Waals surface area contributed by atoms with Crippen molar-refractivity contribution in [2.75, 3.05) is 6.54 Å². The lowest BCUT2D eigenvalue weighted by Gasteiger charge is -2.26. The van der Waals surface area contributed by atoms with Crippen molar-refractivity contribution in [3.63, 3.8) is 0 Å². The average Bonchev–Trinajstić information content (AvgIpc) is 2.14. The van der Waals surface area contributed by atoms with E-state index in [0.29, 0.717) is 13.0 Å². The van der Waals surface area contributed by atoms with E-state index in [1.807, 2.05) is 0 Å². The van der Waals surface area contributed by atoms with Gasteiger partial charge in [-0.05, 0) is 33.6 Å². The van der Waals surface area contributed by atoms with Gasteiger partial charge in [0.15, 0.2) is 0 Å². The molecule has 2 N–H and O–H groups in total. The van der Waals surface area contributed by atoms with Gasteiger partial charge in [0.05, 0.1) is 6.04 Å². The highest BCUT2D eigenvalue weighted by Gasteiger charge is 2.25. The predicted molar refractivity (Wildman–Crippen MR) is 64.3 cm³/mol. The zero-order valence-electron chi connectivity index (χ0n) is 10.2. The monoisotopic (exact) mass is 262 g/mol. The Kier molecular flexibility index (Phi) is 4.53. The quantitative estimate of drug-likeness (QED) is 0.663. The van der Waals surface area contributed by atoms with Crippen LogP contribution in [0, 0.1) is 0 Å². The van der Waals surface area contributed by atoms with Gasteiger partial charge in [0.2, 0.25) is 10.3 Å². The van der Waals surface area contributed by atoms with E-state index in [9.17, 15) is 13.2 Å². The van der Waals surface area contributed by atoms with Crippen LogP contribution in [0.5, 0.6) is 0 Å². The largest absolute Gasteiger partial charge is 0.444 e. The molecular formula is C10H18N2O4S. The topological polar surface area (TPSA) is 84.5 Å². The molecule has 17 heavy (non-hydrogen) atoms. The molecule has 98 valence electrons. The molecule has 0 aromatic rings. The average molecular weight is 262 g/mol. The van der Waals surface area contributed by atoms with Gasteiger partial charge in [-0.3, -0.25) is 5.32 Å². The number of hydrogen-bond acceptors (Lipinski definition) is 4. The van der Waals surface area contributed by atoms with Crippen molar-refractivity contribution < 1.29 is 17.9 Å². The van der Waals surface area contributed by atoms with Gasteiger partial charge in [-0.15, -0.1) is 0 Å². The summed E-state index contributed by atoms with van der Waals surface area (Å²) in [5.74, 6) is 0. The Morgan fingerprint density at radius 1 is 1.47 bits per heavy atom. The van der Waals surface area contributed by atoms with E-state index in [1.165, 1.54) is 0 Å². The van der Waals surface area contributed by atoms with Crippen molar-refractivity contribution in [1.29, 1.82) is 0 Å². The van der Waals surface area contributed by atoms with Gasteiger partial charge in [-0.25, -0.2) is 4.79 Å². The first kappa shape index (κ1) is 14.0. The van der Waals surface area contributed by atoms with Gasteiger partial charge in [-0.2, -0.15) is 8.42 Å². The highest BCUT2D eigenvalue weighted by molar-refractivity contribution is 7.73. The summed E-state index contributed by atoms with van der Waals surface area (Å²) < 4.78 is 27.0. The van der Waals surface area contributed by atoms with Crippen LogP contribution in [-0.4, -0.2) is 37.7 Å². The number of alkyl carbamates (subject to hydrolysis) is 1. The lowest BCUT2D eigenvalue weighted by atomic mass is 10.1. The van der Waals surface area contributed by atoms with E-state index >= 15 is 0 Å². The molecule has 1 rings (SSSR count). The Balaban J connectivity index is 2.67. The minimum Gasteiger partial charge on any atom is -0.444 e. The fourth-order valence-electron chi connectivity index (χ4n) is 1.53. The lowest BCUT2D eigenvalue weighted by Crippen LogP contribution is -2.51. The van der Waals surface area contributed by atoms with Crippen LogP contribution < -0.4 is 10.6 Å². The molecule has 1 saturated heterocycles. The number of rotatable bonds is 1. The van der Waals surface area contributed by atoms with Crippen molar-refractivity contribution in [2.24, 2.45) is 0 Å². The Morgan fingerprint density at radius 3 is 2.65 bits per heavy atom. The van der Waals surface area contributed by atoms with Gasteiger partial charge >= 0.3 is 6.09 Å². The van der Waals surface area contributed by atoms with Gasteiger partial charge in [0, 0.05) is 6.54 Å². The summed E-state index contributed by atoms with van der Waals surface area (Å²) in [5.41, 5.74) is -0.594. The highest BCUT2D eigenvalue weighted by Crippen LogP contribution is 2.09. The third-order valence-corrected chi connectivity index (χ3v) is 2.94. The van der Waals surface area contributed by atoms with Crippen LogP contribution in [0.4, 0.5) is 4.79 Å². The Morgan fingerprint density at radius 2 is 2.12 bits per heavy atom. The summed E-state index contributed by atoms with van der Waals surface area (Å²) in [7, 11) is -2.34. The van der Waals surface area contributed by atoms with E-state index in [2.05, 4.69) is 10.6 Å². The molecular weight excluding hydrogens is 244 g/mol. The number of carbonyl (C=O) groups excluding carboxylic acids is 1. The number of amides is 1. The number of ether oxygens (including phenoxy) is 1. The van der Waals surface area contributed by atoms with E-state index in [0.717, 1.165) is 6.42 Å². The molecule has 1 aliphatic heterocycles. The normalized spacial score (nSPS) is 20.9. The molecule has 0 aromatic carbocycles. The molecule has 1 fully saturated rings. The van der Waals surface area contributed by atoms with Crippen LogP contribution in [0.15, 0.2) is 0 Å². The Labute approximate surface area is 102 Å². The molecule has 0 aromatic heterocycles. The number of nitrogens with one attached hydrogen (secondary N) is 2. The second-order valence-corrected chi connectivity index (χ2v) is 5.78. The number of piperidine rings is 1. The molecule has 0 radical (unpaired) electrons. The van der Waals surface area contributed by atoms with Crippen molar-refractivity contribution in [2.45, 2.75) is 45.3 Å². The molecule has 0 bridgehead atoms. The first-order valence-corrected chi connectivity index (χ1v) is 6.56. The Bertz CT molecular complexity index is 414. The minimum absolute atomic E-state index is 0.127. The SMILES string of the molecule is CC(C)(C)OC(=O)NC1CCCNC1=S(=O)=O. The summed E-state index contributed by atoms with van der Waals surface area (Å²) in [6, 6.07) is -0.517. The third-order valence-electron chi connectivity index (χ3n) is 2.16. The number of carbonyl (C=O) groups is 1. The lowest BCUT2D eigenvalue weighted by molar-refractivity contribution is 0.0514. The van der Waals surface area contributed by atoms with Crippen LogP contribution in [-0.2, 0) is 15.0 Å². The van der Waals surface area contributed by atoms with Crippen LogP contribution in [0.2, 0.25) is 0 Å². The van der Waals surface area contributed by atoms with E-state index < -0.39 is 28.0 Å². The zero-order chi connectivity index (χ0) is 13.1. The summed E-state index contributed by atoms with van der Waals surface area (Å²) in [6.45, 7) is 5.86. The fourth-order valence-corrected chi connectivity index (χ4v) is 2.16. The van der Waals surface area contributed by atoms with Gasteiger partial charge in [-0.1, -0.05) is 0 Å². The Hall–Kier alpha value is -1.08. The summed E-state index contributed by atoms with van der Waals surface area (Å²) in [6.07, 6.45) is 0.797. The first-order valence-electron chi connectivity index (χ1n) is 5.49. The second kappa shape index (κ2) is 5.50. The standard InChI is InChI=1S/C10H18N2O4S/c1-10(2,3)16-9(13)12-7-5-4-6-11-8(7)17(14)15/h7,11H,4-6H2,1-3H3,(H,12,13). The zero-order valence-corrected chi connectivity index (χ0v) is 11.1. The third kappa shape index (κ3) is 4.74. The van der Waals surface area contributed by atoms with E-state index in [-0.39, 0.29) is 4.99 Å². The molecule has 1 aliphatic rings. The molecule has 6 nitrogen and oxygen atoms in total. The molecule has 0 saturated carbocycles. The minimum atomic E-state index is -2.34. The molecule has 0 spiro atoms. The maximum atomic E-state index is 11.5. The summed E-state index contributed by atoms with van der Waals surface area (Å²) >= 11 is 0. The van der Waals surface area contributed by atoms with Gasteiger partial charge in [0.25, 0.3) is 0 Å². The van der Waals surface area contributed by atoms with Crippen molar-refractivity contribution in [3.05, 3.63) is 0 Å². The van der Waals surface area contributed by atoms with Crippen molar-refractivity contribution in [3.8, 4) is 0 Å². The van der Waals surface area contributed by atoms with Gasteiger partial charge in [0.1, 0.15) is 10.6 Å². The van der Waals surface area contributed by atoms with E-state index in [1.54, 1.807) is 20.8 Å². The van der Waals surface area contributed by atoms with Crippen LogP contribution in [0.25, 0.3) is 0 Å². The second-order valence-electron chi connectivity index (χ2n) is 4.87. The molecule has 1 unspecified atom stereocenters. The molecule has 1 amide bonds. The molecule has 1 atom stereocenters. The molecule has 0 aliphatic carbocycles. The van der Waals surface area contributed by atoms with E-state index in [4.69, 9.17) is 4.74 Å². The maximum Gasteiger partial charge on any atom is 0.408 e. The molecule has 1 heterocycles. The predicted octanol–water partition coefficient (Wildman–Crippen LogP) is 0.272. The summed E-state index contributed by atoms with van der Waals surface area (Å²) in [4.78, 5) is 11.6. The van der Waals surface area contributed by atoms with Crippen molar-refractivity contribution >= 4 is 21.4 Å². The maximum absolute atomic E-state index is 11.5. The van der Waals surface area contributed by atoms with Crippen molar-refractivity contribution in [1.82, 2.24) is 10.6 Å².